The number of aromatic amines is 1. The highest BCUT2D eigenvalue weighted by Gasteiger charge is 2.25. The Labute approximate surface area is 193 Å². The number of methoxy groups -OCH3 is 2. The second-order valence-corrected chi connectivity index (χ2v) is 8.62. The fraction of sp³-hybridized carbons (Fsp3) is 0.308. The Morgan fingerprint density at radius 2 is 1.67 bits per heavy atom. The van der Waals surface area contributed by atoms with Gasteiger partial charge in [-0.3, -0.25) is 4.98 Å². The zero-order valence-corrected chi connectivity index (χ0v) is 19.3. The molecule has 0 amide bonds. The van der Waals surface area contributed by atoms with E-state index in [1.807, 2.05) is 30.6 Å². The summed E-state index contributed by atoms with van der Waals surface area (Å²) >= 11 is 0. The molecule has 3 heterocycles. The van der Waals surface area contributed by atoms with Crippen LogP contribution in [0.25, 0.3) is 33.5 Å². The van der Waals surface area contributed by atoms with Crippen molar-refractivity contribution in [3.63, 3.8) is 0 Å². The summed E-state index contributed by atoms with van der Waals surface area (Å²) in [6.07, 6.45) is 5.70. The lowest BCUT2D eigenvalue weighted by molar-refractivity contribution is 0.394. The number of pyridine rings is 1. The van der Waals surface area contributed by atoms with Gasteiger partial charge in [-0.15, -0.1) is 0 Å². The SMILES string of the molecule is COc1cc(OC)cc(-c2cncc(-c3nc4ccc(C)cc4[nH]3)c2N2CCC(N)CC2)c1. The van der Waals surface area contributed by atoms with E-state index in [1.54, 1.807) is 14.2 Å². The van der Waals surface area contributed by atoms with E-state index in [9.17, 15) is 0 Å². The van der Waals surface area contributed by atoms with E-state index in [0.29, 0.717) is 0 Å². The smallest absolute Gasteiger partial charge is 0.142 e. The maximum Gasteiger partial charge on any atom is 0.142 e. The van der Waals surface area contributed by atoms with Crippen LogP contribution in [0.1, 0.15) is 18.4 Å². The summed E-state index contributed by atoms with van der Waals surface area (Å²) in [4.78, 5) is 15.4. The summed E-state index contributed by atoms with van der Waals surface area (Å²) in [6.45, 7) is 3.85. The lowest BCUT2D eigenvalue weighted by Crippen LogP contribution is -2.40. The summed E-state index contributed by atoms with van der Waals surface area (Å²) in [6, 6.07) is 12.4. The van der Waals surface area contributed by atoms with Crippen molar-refractivity contribution in [1.82, 2.24) is 15.0 Å². The van der Waals surface area contributed by atoms with Crippen LogP contribution in [0.15, 0.2) is 48.8 Å². The van der Waals surface area contributed by atoms with Crippen molar-refractivity contribution in [2.45, 2.75) is 25.8 Å². The first-order chi connectivity index (χ1) is 16.1. The first-order valence-corrected chi connectivity index (χ1v) is 11.2. The number of nitrogens with two attached hydrogens (primary N) is 1. The Kier molecular flexibility index (Phi) is 5.64. The van der Waals surface area contributed by atoms with Crippen molar-refractivity contribution in [2.24, 2.45) is 5.73 Å². The average Bonchev–Trinajstić information content (AvgIpc) is 3.27. The number of hydrogen-bond acceptors (Lipinski definition) is 6. The van der Waals surface area contributed by atoms with E-state index in [4.69, 9.17) is 20.2 Å². The highest BCUT2D eigenvalue weighted by atomic mass is 16.5. The maximum absolute atomic E-state index is 6.22. The first-order valence-electron chi connectivity index (χ1n) is 11.2. The molecule has 33 heavy (non-hydrogen) atoms. The molecule has 7 heteroatoms. The van der Waals surface area contributed by atoms with Crippen LogP contribution in [0.2, 0.25) is 0 Å². The number of aromatic nitrogens is 3. The van der Waals surface area contributed by atoms with Crippen LogP contribution in [0.4, 0.5) is 5.69 Å². The highest BCUT2D eigenvalue weighted by molar-refractivity contribution is 5.91. The van der Waals surface area contributed by atoms with Gasteiger partial charge < -0.3 is 25.1 Å². The minimum atomic E-state index is 0.237. The van der Waals surface area contributed by atoms with Crippen molar-refractivity contribution >= 4 is 16.7 Å². The number of imidazole rings is 1. The molecule has 0 bridgehead atoms. The van der Waals surface area contributed by atoms with Crippen molar-refractivity contribution < 1.29 is 9.47 Å². The van der Waals surface area contributed by atoms with Gasteiger partial charge in [0, 0.05) is 43.2 Å². The third-order valence-electron chi connectivity index (χ3n) is 6.33. The van der Waals surface area contributed by atoms with Crippen LogP contribution in [0, 0.1) is 6.92 Å². The van der Waals surface area contributed by atoms with Crippen molar-refractivity contribution in [3.05, 3.63) is 54.4 Å². The number of H-pyrrole nitrogens is 1. The van der Waals surface area contributed by atoms with E-state index in [2.05, 4.69) is 40.0 Å². The van der Waals surface area contributed by atoms with Crippen LogP contribution in [0.5, 0.6) is 11.5 Å². The predicted octanol–water partition coefficient (Wildman–Crippen LogP) is 4.55. The summed E-state index contributed by atoms with van der Waals surface area (Å²) in [5.41, 5.74) is 13.4. The number of anilines is 1. The number of fused-ring (bicyclic) bond motifs is 1. The minimum absolute atomic E-state index is 0.237. The Morgan fingerprint density at radius 1 is 0.970 bits per heavy atom. The molecular formula is C26H29N5O2. The predicted molar refractivity (Wildman–Crippen MR) is 132 cm³/mol. The third kappa shape index (κ3) is 4.12. The topological polar surface area (TPSA) is 89.3 Å². The first kappa shape index (κ1) is 21.3. The van der Waals surface area contributed by atoms with Crippen molar-refractivity contribution in [3.8, 4) is 34.0 Å². The number of nitrogens with zero attached hydrogens (tertiary/aromatic N) is 3. The van der Waals surface area contributed by atoms with Crippen molar-refractivity contribution in [1.29, 1.82) is 0 Å². The molecule has 0 aliphatic carbocycles. The van der Waals surface area contributed by atoms with E-state index in [-0.39, 0.29) is 6.04 Å². The third-order valence-corrected chi connectivity index (χ3v) is 6.33. The largest absolute Gasteiger partial charge is 0.497 e. The molecular weight excluding hydrogens is 414 g/mol. The van der Waals surface area contributed by atoms with E-state index < -0.39 is 0 Å². The lowest BCUT2D eigenvalue weighted by atomic mass is 9.98. The zero-order chi connectivity index (χ0) is 22.9. The Bertz CT molecular complexity index is 1270. The van der Waals surface area contributed by atoms with Gasteiger partial charge in [0.2, 0.25) is 0 Å². The number of hydrogen-bond donors (Lipinski definition) is 2. The van der Waals surface area contributed by atoms with Gasteiger partial charge in [0.25, 0.3) is 0 Å². The monoisotopic (exact) mass is 443 g/mol. The summed E-state index contributed by atoms with van der Waals surface area (Å²) < 4.78 is 11.1. The Hall–Kier alpha value is -3.58. The van der Waals surface area contributed by atoms with Crippen LogP contribution < -0.4 is 20.1 Å². The number of rotatable bonds is 5. The van der Waals surface area contributed by atoms with Crippen LogP contribution in [0.3, 0.4) is 0 Å². The van der Waals surface area contributed by atoms with Gasteiger partial charge in [0.1, 0.15) is 17.3 Å². The van der Waals surface area contributed by atoms with Gasteiger partial charge in [-0.2, -0.15) is 0 Å². The van der Waals surface area contributed by atoms with Crippen LogP contribution in [-0.2, 0) is 0 Å². The average molecular weight is 444 g/mol. The molecule has 0 spiro atoms. The van der Waals surface area contributed by atoms with Gasteiger partial charge >= 0.3 is 0 Å². The van der Waals surface area contributed by atoms with Crippen LogP contribution >= 0.6 is 0 Å². The van der Waals surface area contributed by atoms with E-state index >= 15 is 0 Å². The lowest BCUT2D eigenvalue weighted by Gasteiger charge is -2.34. The number of piperidine rings is 1. The molecule has 3 N–H and O–H groups in total. The molecule has 1 aliphatic rings. The Balaban J connectivity index is 1.71. The highest BCUT2D eigenvalue weighted by Crippen LogP contribution is 2.41. The van der Waals surface area contributed by atoms with Crippen LogP contribution in [-0.4, -0.2) is 48.3 Å². The molecule has 2 aromatic heterocycles. The van der Waals surface area contributed by atoms with Gasteiger partial charge in [-0.25, -0.2) is 4.98 Å². The molecule has 7 nitrogen and oxygen atoms in total. The van der Waals surface area contributed by atoms with Gasteiger partial charge in [-0.1, -0.05) is 6.07 Å². The Morgan fingerprint density at radius 3 is 2.36 bits per heavy atom. The second-order valence-electron chi connectivity index (χ2n) is 8.62. The number of benzene rings is 2. The summed E-state index contributed by atoms with van der Waals surface area (Å²) in [5, 5.41) is 0. The fourth-order valence-corrected chi connectivity index (χ4v) is 4.52. The molecule has 2 aromatic carbocycles. The standard InChI is InChI=1S/C26H29N5O2/c1-16-4-5-23-24(10-16)30-26(29-23)22-15-28-14-21(25(22)31-8-6-18(27)7-9-31)17-11-19(32-2)13-20(12-17)33-3/h4-5,10-15,18H,6-9,27H2,1-3H3,(H,29,30). The maximum atomic E-state index is 6.22. The zero-order valence-electron chi connectivity index (χ0n) is 19.3. The number of ether oxygens (including phenoxy) is 2. The second kappa shape index (κ2) is 8.75. The molecule has 0 atom stereocenters. The van der Waals surface area contributed by atoms with Gasteiger partial charge in [0.05, 0.1) is 36.5 Å². The molecule has 0 radical (unpaired) electrons. The molecule has 1 fully saturated rings. The molecule has 0 unspecified atom stereocenters. The molecule has 1 saturated heterocycles. The minimum Gasteiger partial charge on any atom is -0.497 e. The molecule has 1 aliphatic heterocycles. The number of nitrogens with one attached hydrogen (secondary N) is 1. The van der Waals surface area contributed by atoms with E-state index in [0.717, 1.165) is 76.7 Å². The van der Waals surface area contributed by atoms with Crippen molar-refractivity contribution in [2.75, 3.05) is 32.2 Å². The molecule has 0 saturated carbocycles. The molecule has 4 aromatic rings. The molecule has 170 valence electrons. The van der Waals surface area contributed by atoms with E-state index in [1.165, 1.54) is 5.56 Å². The summed E-state index contributed by atoms with van der Waals surface area (Å²) in [5.74, 6) is 2.28. The number of aryl methyl sites for hydroxylation is 1. The molecule has 5 rings (SSSR count). The normalized spacial score (nSPS) is 14.6. The summed E-state index contributed by atoms with van der Waals surface area (Å²) in [7, 11) is 3.33. The van der Waals surface area contributed by atoms with Gasteiger partial charge in [-0.05, 0) is 55.2 Å². The quantitative estimate of drug-likeness (QED) is 0.471. The fourth-order valence-electron chi connectivity index (χ4n) is 4.52. The van der Waals surface area contributed by atoms with Gasteiger partial charge in [0.15, 0.2) is 0 Å².